The maximum Gasteiger partial charge on any atom is 0.233 e. The zero-order valence-corrected chi connectivity index (χ0v) is 11.3. The predicted molar refractivity (Wildman–Crippen MR) is 67.6 cm³/mol. The summed E-state index contributed by atoms with van der Waals surface area (Å²) in [6.45, 7) is 2.27. The summed E-state index contributed by atoms with van der Waals surface area (Å²) in [6, 6.07) is 3.26. The minimum atomic E-state index is -2.82. The molecule has 1 aromatic heterocycles. The van der Waals surface area contributed by atoms with Gasteiger partial charge in [0.2, 0.25) is 5.88 Å². The summed E-state index contributed by atoms with van der Waals surface area (Å²) in [7, 11) is -2.82. The van der Waals surface area contributed by atoms with Crippen LogP contribution < -0.4 is 4.74 Å². The third-order valence-corrected chi connectivity index (χ3v) is 4.51. The normalized spacial score (nSPS) is 19.6. The van der Waals surface area contributed by atoms with Gasteiger partial charge in [-0.3, -0.25) is 4.90 Å². The molecule has 0 amide bonds. The van der Waals surface area contributed by atoms with Crippen molar-refractivity contribution in [1.29, 1.82) is 0 Å². The van der Waals surface area contributed by atoms with Crippen LogP contribution in [0.5, 0.6) is 5.88 Å². The fourth-order valence-electron chi connectivity index (χ4n) is 1.63. The highest BCUT2D eigenvalue weighted by atomic mass is 35.5. The Morgan fingerprint density at radius 2 is 2.00 bits per heavy atom. The molecule has 2 heterocycles. The highest BCUT2D eigenvalue weighted by molar-refractivity contribution is 7.91. The van der Waals surface area contributed by atoms with E-state index in [0.29, 0.717) is 37.3 Å². The zero-order valence-electron chi connectivity index (χ0n) is 9.75. The van der Waals surface area contributed by atoms with Crippen molar-refractivity contribution in [3.05, 3.63) is 17.3 Å². The van der Waals surface area contributed by atoms with Gasteiger partial charge in [-0.2, -0.15) is 0 Å². The van der Waals surface area contributed by atoms with Crippen LogP contribution >= 0.6 is 11.6 Å². The van der Waals surface area contributed by atoms with Gasteiger partial charge in [0, 0.05) is 25.7 Å². The topological polar surface area (TPSA) is 72.4 Å². The maximum atomic E-state index is 11.2. The lowest BCUT2D eigenvalue weighted by Gasteiger charge is -2.26. The van der Waals surface area contributed by atoms with Crippen molar-refractivity contribution >= 4 is 21.4 Å². The molecule has 0 N–H and O–H groups in total. The molecular weight excluding hydrogens is 278 g/mol. The van der Waals surface area contributed by atoms with Crippen LogP contribution in [-0.4, -0.2) is 61.3 Å². The van der Waals surface area contributed by atoms with Gasteiger partial charge < -0.3 is 4.74 Å². The lowest BCUT2D eigenvalue weighted by Crippen LogP contribution is -2.42. The Hall–Kier alpha value is -0.920. The second-order valence-corrected chi connectivity index (χ2v) is 6.73. The number of aromatic nitrogens is 2. The van der Waals surface area contributed by atoms with Crippen molar-refractivity contribution < 1.29 is 13.2 Å². The smallest absolute Gasteiger partial charge is 0.233 e. The molecule has 0 aromatic carbocycles. The molecule has 0 unspecified atom stereocenters. The van der Waals surface area contributed by atoms with Crippen LogP contribution in [0.15, 0.2) is 12.1 Å². The van der Waals surface area contributed by atoms with Gasteiger partial charge in [0.1, 0.15) is 6.61 Å². The highest BCUT2D eigenvalue weighted by Gasteiger charge is 2.21. The quantitative estimate of drug-likeness (QED) is 0.791. The van der Waals surface area contributed by atoms with Gasteiger partial charge in [-0.1, -0.05) is 11.6 Å². The molecule has 6 nitrogen and oxygen atoms in total. The third-order valence-electron chi connectivity index (χ3n) is 2.70. The standard InChI is InChI=1S/C10H14ClN3O3S/c11-9-1-2-10(13-12-9)17-6-3-14-4-7-18(15,16)8-5-14/h1-2H,3-8H2. The second kappa shape index (κ2) is 5.81. The van der Waals surface area contributed by atoms with Crippen molar-refractivity contribution in [2.24, 2.45) is 0 Å². The molecule has 100 valence electrons. The number of sulfone groups is 1. The number of rotatable bonds is 4. The van der Waals surface area contributed by atoms with E-state index in [-0.39, 0.29) is 11.5 Å². The van der Waals surface area contributed by atoms with Gasteiger partial charge in [-0.15, -0.1) is 10.2 Å². The van der Waals surface area contributed by atoms with Crippen molar-refractivity contribution in [3.8, 4) is 5.88 Å². The second-order valence-electron chi connectivity index (χ2n) is 4.04. The van der Waals surface area contributed by atoms with E-state index in [1.165, 1.54) is 0 Å². The molecule has 0 atom stereocenters. The SMILES string of the molecule is O=S1(=O)CCN(CCOc2ccc(Cl)nn2)CC1. The molecule has 2 rings (SSSR count). The lowest BCUT2D eigenvalue weighted by molar-refractivity contribution is 0.213. The van der Waals surface area contributed by atoms with Gasteiger partial charge >= 0.3 is 0 Å². The van der Waals surface area contributed by atoms with Crippen LogP contribution in [0.4, 0.5) is 0 Å². The first kappa shape index (κ1) is 13.5. The zero-order chi connectivity index (χ0) is 13.0. The highest BCUT2D eigenvalue weighted by Crippen LogP contribution is 2.08. The number of nitrogens with zero attached hydrogens (tertiary/aromatic N) is 3. The van der Waals surface area contributed by atoms with Gasteiger partial charge in [0.25, 0.3) is 0 Å². The Morgan fingerprint density at radius 3 is 2.61 bits per heavy atom. The molecule has 0 aliphatic carbocycles. The van der Waals surface area contributed by atoms with Gasteiger partial charge in [0.05, 0.1) is 11.5 Å². The molecule has 0 saturated carbocycles. The minimum absolute atomic E-state index is 0.230. The van der Waals surface area contributed by atoms with E-state index in [0.717, 1.165) is 0 Å². The number of halogens is 1. The summed E-state index contributed by atoms with van der Waals surface area (Å²) in [5.41, 5.74) is 0. The van der Waals surface area contributed by atoms with Gasteiger partial charge in [-0.25, -0.2) is 8.42 Å². The van der Waals surface area contributed by atoms with Gasteiger partial charge in [-0.05, 0) is 6.07 Å². The Labute approximate surface area is 111 Å². The van der Waals surface area contributed by atoms with Crippen molar-refractivity contribution in [1.82, 2.24) is 15.1 Å². The Bertz CT molecular complexity index is 478. The van der Waals surface area contributed by atoms with Crippen LogP contribution in [0.1, 0.15) is 0 Å². The first-order valence-electron chi connectivity index (χ1n) is 5.60. The fraction of sp³-hybridized carbons (Fsp3) is 0.600. The van der Waals surface area contributed by atoms with Crippen LogP contribution in [0.2, 0.25) is 5.15 Å². The van der Waals surface area contributed by atoms with E-state index in [9.17, 15) is 8.42 Å². The van der Waals surface area contributed by atoms with Crippen molar-refractivity contribution in [2.75, 3.05) is 37.7 Å². The monoisotopic (exact) mass is 291 g/mol. The summed E-state index contributed by atoms with van der Waals surface area (Å²) < 4.78 is 27.9. The Balaban J connectivity index is 1.71. The molecule has 18 heavy (non-hydrogen) atoms. The first-order chi connectivity index (χ1) is 8.55. The average molecular weight is 292 g/mol. The van der Waals surface area contributed by atoms with E-state index in [4.69, 9.17) is 16.3 Å². The van der Waals surface area contributed by atoms with E-state index in [1.54, 1.807) is 12.1 Å². The van der Waals surface area contributed by atoms with E-state index < -0.39 is 9.84 Å². The van der Waals surface area contributed by atoms with Crippen LogP contribution in [0, 0.1) is 0 Å². The summed E-state index contributed by atoms with van der Waals surface area (Å²) in [6.07, 6.45) is 0. The minimum Gasteiger partial charge on any atom is -0.475 e. The average Bonchev–Trinajstić information content (AvgIpc) is 2.34. The summed E-state index contributed by atoms with van der Waals surface area (Å²) in [5, 5.41) is 7.75. The van der Waals surface area contributed by atoms with Crippen LogP contribution in [-0.2, 0) is 9.84 Å². The summed E-state index contributed by atoms with van der Waals surface area (Å²) in [5.74, 6) is 0.880. The number of hydrogen-bond donors (Lipinski definition) is 0. The molecule has 0 radical (unpaired) electrons. The van der Waals surface area contributed by atoms with E-state index >= 15 is 0 Å². The first-order valence-corrected chi connectivity index (χ1v) is 7.80. The molecule has 0 spiro atoms. The molecule has 1 fully saturated rings. The summed E-state index contributed by atoms with van der Waals surface area (Å²) >= 11 is 5.60. The molecular formula is C10H14ClN3O3S. The Morgan fingerprint density at radius 1 is 1.28 bits per heavy atom. The molecule has 1 saturated heterocycles. The Kier molecular flexibility index (Phi) is 4.36. The third kappa shape index (κ3) is 4.08. The molecule has 1 aliphatic heterocycles. The fourth-order valence-corrected chi connectivity index (χ4v) is 3.01. The van der Waals surface area contributed by atoms with Crippen LogP contribution in [0.3, 0.4) is 0 Å². The van der Waals surface area contributed by atoms with E-state index in [1.807, 2.05) is 0 Å². The molecule has 1 aromatic rings. The van der Waals surface area contributed by atoms with E-state index in [2.05, 4.69) is 15.1 Å². The molecule has 8 heteroatoms. The lowest BCUT2D eigenvalue weighted by atomic mass is 10.5. The largest absolute Gasteiger partial charge is 0.475 e. The van der Waals surface area contributed by atoms with Crippen LogP contribution in [0.25, 0.3) is 0 Å². The maximum absolute atomic E-state index is 11.2. The molecule has 0 bridgehead atoms. The van der Waals surface area contributed by atoms with Gasteiger partial charge in [0.15, 0.2) is 15.0 Å². The predicted octanol–water partition coefficient (Wildman–Crippen LogP) is 0.239. The molecule has 1 aliphatic rings. The number of hydrogen-bond acceptors (Lipinski definition) is 6. The van der Waals surface area contributed by atoms with Crippen molar-refractivity contribution in [2.45, 2.75) is 0 Å². The summed E-state index contributed by atoms with van der Waals surface area (Å²) in [4.78, 5) is 2.06. The van der Waals surface area contributed by atoms with Crippen molar-refractivity contribution in [3.63, 3.8) is 0 Å². The number of ether oxygens (including phenoxy) is 1.